The van der Waals surface area contributed by atoms with E-state index in [-0.39, 0.29) is 11.3 Å². The largest absolute Gasteiger partial charge is 0.294 e. The third-order valence-corrected chi connectivity index (χ3v) is 4.59. The first-order valence-electron chi connectivity index (χ1n) is 6.09. The average molecular weight is 253 g/mol. The van der Waals surface area contributed by atoms with Crippen LogP contribution in [-0.2, 0) is 0 Å². The van der Waals surface area contributed by atoms with E-state index in [1.165, 1.54) is 4.88 Å². The normalized spacial score (nSPS) is 12.2. The molecule has 17 heavy (non-hydrogen) atoms. The van der Waals surface area contributed by atoms with Gasteiger partial charge in [-0.15, -0.1) is 11.3 Å². The molecule has 1 heterocycles. The molecule has 3 heteroatoms. The van der Waals surface area contributed by atoms with Crippen LogP contribution in [0.4, 0.5) is 0 Å². The van der Waals surface area contributed by atoms with Crippen molar-refractivity contribution in [1.29, 1.82) is 0 Å². The van der Waals surface area contributed by atoms with Gasteiger partial charge in [0.1, 0.15) is 0 Å². The van der Waals surface area contributed by atoms with Crippen LogP contribution in [0.25, 0.3) is 0 Å². The Balaban J connectivity index is 2.77. The van der Waals surface area contributed by atoms with Gasteiger partial charge in [-0.2, -0.15) is 0 Å². The summed E-state index contributed by atoms with van der Waals surface area (Å²) >= 11 is 1.70. The molecule has 0 aliphatic heterocycles. The predicted octanol–water partition coefficient (Wildman–Crippen LogP) is 3.67. The standard InChI is InChI=1S/C14H23NOS/c1-7-14(4,5)15(6)9-13(16)12-8-10(2)17-11(12)3/h8H,7,9H2,1-6H3. The highest BCUT2D eigenvalue weighted by atomic mass is 32.1. The topological polar surface area (TPSA) is 20.3 Å². The molecule has 0 aliphatic carbocycles. The number of ketones is 1. The first-order chi connectivity index (χ1) is 7.77. The number of aryl methyl sites for hydroxylation is 2. The number of thiophene rings is 1. The summed E-state index contributed by atoms with van der Waals surface area (Å²) in [6, 6.07) is 2.01. The zero-order valence-electron chi connectivity index (χ0n) is 11.8. The van der Waals surface area contributed by atoms with Gasteiger partial charge in [0, 0.05) is 20.9 Å². The molecular weight excluding hydrogens is 230 g/mol. The maximum absolute atomic E-state index is 12.2. The first kappa shape index (κ1) is 14.4. The van der Waals surface area contributed by atoms with Crippen molar-refractivity contribution in [2.24, 2.45) is 0 Å². The van der Waals surface area contributed by atoms with Gasteiger partial charge in [-0.1, -0.05) is 6.92 Å². The molecule has 0 unspecified atom stereocenters. The Bertz CT molecular complexity index is 406. The van der Waals surface area contributed by atoms with Crippen molar-refractivity contribution in [3.63, 3.8) is 0 Å². The van der Waals surface area contributed by atoms with E-state index < -0.39 is 0 Å². The summed E-state index contributed by atoms with van der Waals surface area (Å²) in [4.78, 5) is 16.7. The summed E-state index contributed by atoms with van der Waals surface area (Å²) in [5.41, 5.74) is 0.973. The highest BCUT2D eigenvalue weighted by molar-refractivity contribution is 7.12. The van der Waals surface area contributed by atoms with Gasteiger partial charge in [0.15, 0.2) is 5.78 Å². The second-order valence-electron chi connectivity index (χ2n) is 5.27. The maximum Gasteiger partial charge on any atom is 0.177 e. The lowest BCUT2D eigenvalue weighted by molar-refractivity contribution is 0.0847. The fraction of sp³-hybridized carbons (Fsp3) is 0.643. The molecular formula is C14H23NOS. The third-order valence-electron chi connectivity index (χ3n) is 3.62. The summed E-state index contributed by atoms with van der Waals surface area (Å²) < 4.78 is 0. The van der Waals surface area contributed by atoms with Crippen LogP contribution in [0.1, 0.15) is 47.3 Å². The second kappa shape index (κ2) is 5.32. The summed E-state index contributed by atoms with van der Waals surface area (Å²) in [6.07, 6.45) is 1.04. The van der Waals surface area contributed by atoms with Gasteiger partial charge in [0.25, 0.3) is 0 Å². The van der Waals surface area contributed by atoms with E-state index in [1.54, 1.807) is 11.3 Å². The Morgan fingerprint density at radius 1 is 1.41 bits per heavy atom. The van der Waals surface area contributed by atoms with Gasteiger partial charge < -0.3 is 0 Å². The van der Waals surface area contributed by atoms with Gasteiger partial charge in [-0.05, 0) is 47.2 Å². The van der Waals surface area contributed by atoms with Gasteiger partial charge in [0.05, 0.1) is 6.54 Å². The number of rotatable bonds is 5. The molecule has 0 radical (unpaired) electrons. The summed E-state index contributed by atoms with van der Waals surface area (Å²) in [5.74, 6) is 0.232. The van der Waals surface area contributed by atoms with Crippen molar-refractivity contribution in [2.45, 2.75) is 46.6 Å². The number of hydrogen-bond donors (Lipinski definition) is 0. The van der Waals surface area contributed by atoms with Gasteiger partial charge in [-0.3, -0.25) is 9.69 Å². The molecule has 0 aliphatic rings. The average Bonchev–Trinajstić information content (AvgIpc) is 2.57. The summed E-state index contributed by atoms with van der Waals surface area (Å²) in [5, 5.41) is 0. The molecule has 0 bridgehead atoms. The number of likely N-dealkylation sites (N-methyl/N-ethyl adjacent to an activating group) is 1. The van der Waals surface area contributed by atoms with Gasteiger partial charge >= 0.3 is 0 Å². The minimum absolute atomic E-state index is 0.0780. The quantitative estimate of drug-likeness (QED) is 0.746. The smallest absolute Gasteiger partial charge is 0.177 e. The van der Waals surface area contributed by atoms with E-state index in [1.807, 2.05) is 27.0 Å². The predicted molar refractivity (Wildman–Crippen MR) is 75.1 cm³/mol. The van der Waals surface area contributed by atoms with Crippen LogP contribution in [-0.4, -0.2) is 29.8 Å². The van der Waals surface area contributed by atoms with Crippen LogP contribution in [0.2, 0.25) is 0 Å². The van der Waals surface area contributed by atoms with Crippen LogP contribution in [0.5, 0.6) is 0 Å². The molecule has 0 spiro atoms. The number of carbonyl (C=O) groups excluding carboxylic acids is 1. The van der Waals surface area contributed by atoms with E-state index in [4.69, 9.17) is 0 Å². The van der Waals surface area contributed by atoms with E-state index >= 15 is 0 Å². The highest BCUT2D eigenvalue weighted by Crippen LogP contribution is 2.22. The van der Waals surface area contributed by atoms with Crippen molar-refractivity contribution >= 4 is 17.1 Å². The Hall–Kier alpha value is -0.670. The monoisotopic (exact) mass is 253 g/mol. The first-order valence-corrected chi connectivity index (χ1v) is 6.91. The van der Waals surface area contributed by atoms with E-state index in [9.17, 15) is 4.79 Å². The summed E-state index contributed by atoms with van der Waals surface area (Å²) in [7, 11) is 2.02. The molecule has 96 valence electrons. The van der Waals surface area contributed by atoms with Crippen LogP contribution in [0.3, 0.4) is 0 Å². The molecule has 1 aromatic rings. The van der Waals surface area contributed by atoms with E-state index in [0.29, 0.717) is 6.54 Å². The van der Waals surface area contributed by atoms with Crippen molar-refractivity contribution in [3.05, 3.63) is 21.4 Å². The molecule has 1 aromatic heterocycles. The Morgan fingerprint density at radius 3 is 2.41 bits per heavy atom. The lowest BCUT2D eigenvalue weighted by Crippen LogP contribution is -2.43. The van der Waals surface area contributed by atoms with E-state index in [2.05, 4.69) is 25.7 Å². The molecule has 0 N–H and O–H groups in total. The Labute approximate surface area is 109 Å². The van der Waals surface area contributed by atoms with Crippen LogP contribution in [0, 0.1) is 13.8 Å². The second-order valence-corrected chi connectivity index (χ2v) is 6.73. The lowest BCUT2D eigenvalue weighted by atomic mass is 9.99. The van der Waals surface area contributed by atoms with Crippen molar-refractivity contribution in [1.82, 2.24) is 4.90 Å². The number of Topliss-reactive ketones (excluding diaryl/α,β-unsaturated/α-hetero) is 1. The molecule has 0 amide bonds. The summed E-state index contributed by atoms with van der Waals surface area (Å²) in [6.45, 7) is 11.1. The SMILES string of the molecule is CCC(C)(C)N(C)CC(=O)c1cc(C)sc1C. The number of nitrogens with zero attached hydrogens (tertiary/aromatic N) is 1. The number of carbonyl (C=O) groups is 1. The Morgan fingerprint density at radius 2 is 2.00 bits per heavy atom. The van der Waals surface area contributed by atoms with Crippen molar-refractivity contribution < 1.29 is 4.79 Å². The molecule has 0 saturated heterocycles. The maximum atomic E-state index is 12.2. The fourth-order valence-electron chi connectivity index (χ4n) is 1.69. The zero-order valence-corrected chi connectivity index (χ0v) is 12.6. The zero-order chi connectivity index (χ0) is 13.2. The van der Waals surface area contributed by atoms with Gasteiger partial charge in [0.2, 0.25) is 0 Å². The lowest BCUT2D eigenvalue weighted by Gasteiger charge is -2.34. The molecule has 0 atom stereocenters. The molecule has 0 fully saturated rings. The number of hydrogen-bond acceptors (Lipinski definition) is 3. The molecule has 2 nitrogen and oxygen atoms in total. The minimum atomic E-state index is 0.0780. The third kappa shape index (κ3) is 3.39. The van der Waals surface area contributed by atoms with Crippen LogP contribution >= 0.6 is 11.3 Å². The molecule has 0 saturated carbocycles. The van der Waals surface area contributed by atoms with Crippen molar-refractivity contribution in [3.8, 4) is 0 Å². The highest BCUT2D eigenvalue weighted by Gasteiger charge is 2.24. The van der Waals surface area contributed by atoms with Crippen LogP contribution in [0.15, 0.2) is 6.07 Å². The molecule has 1 rings (SSSR count). The minimum Gasteiger partial charge on any atom is -0.294 e. The molecule has 0 aromatic carbocycles. The van der Waals surface area contributed by atoms with Gasteiger partial charge in [-0.25, -0.2) is 0 Å². The fourth-order valence-corrected chi connectivity index (χ4v) is 2.63. The Kier molecular flexibility index (Phi) is 4.50. The van der Waals surface area contributed by atoms with Crippen molar-refractivity contribution in [2.75, 3.05) is 13.6 Å². The van der Waals surface area contributed by atoms with E-state index in [0.717, 1.165) is 16.9 Å². The van der Waals surface area contributed by atoms with Crippen LogP contribution < -0.4 is 0 Å².